The Morgan fingerprint density at radius 1 is 1.00 bits per heavy atom. The zero-order chi connectivity index (χ0) is 11.1. The van der Waals surface area contributed by atoms with Crippen molar-refractivity contribution >= 4 is 22.4 Å². The smallest absolute Gasteiger partial charge is 0.164 e. The first kappa shape index (κ1) is 10.2. The third-order valence-corrected chi connectivity index (χ3v) is 2.19. The quantitative estimate of drug-likeness (QED) is 0.696. The molecule has 0 atom stereocenters. The summed E-state index contributed by atoms with van der Waals surface area (Å²) in [5.74, 6) is 0. The number of benzene rings is 1. The highest BCUT2D eigenvalue weighted by molar-refractivity contribution is 6.34. The molecule has 1 heterocycles. The van der Waals surface area contributed by atoms with E-state index in [-0.39, 0.29) is 15.9 Å². The summed E-state index contributed by atoms with van der Waals surface area (Å²) in [6.07, 6.45) is -4.52. The van der Waals surface area contributed by atoms with Crippen LogP contribution in [0.25, 0.3) is 10.8 Å². The molecule has 0 unspecified atom stereocenters. The van der Waals surface area contributed by atoms with Crippen molar-refractivity contribution in [2.75, 3.05) is 0 Å². The highest BCUT2D eigenvalue weighted by Gasteiger charge is 2.35. The fourth-order valence-electron chi connectivity index (χ4n) is 1.28. The lowest BCUT2D eigenvalue weighted by Gasteiger charge is -2.08. The second-order valence-corrected chi connectivity index (χ2v) is 3.24. The predicted octanol–water partition coefficient (Wildman–Crippen LogP) is 3.30. The molecule has 2 rings (SSSR count). The average Bonchev–Trinajstić information content (AvgIpc) is 2.17. The van der Waals surface area contributed by atoms with Gasteiger partial charge in [0.25, 0.3) is 0 Å². The summed E-state index contributed by atoms with van der Waals surface area (Å²) in [6.45, 7) is 0. The molecule has 2 aromatic rings. The Bertz CT molecular complexity index is 510. The largest absolute Gasteiger partial charge is 0.435 e. The van der Waals surface area contributed by atoms with E-state index in [0.717, 1.165) is 0 Å². The van der Waals surface area contributed by atoms with E-state index in [1.54, 1.807) is 6.07 Å². The van der Waals surface area contributed by atoms with Gasteiger partial charge in [-0.25, -0.2) is 0 Å². The van der Waals surface area contributed by atoms with Gasteiger partial charge in [0.2, 0.25) is 0 Å². The standard InChI is InChI=1S/C9H4ClF3N2/c10-8-6-4-2-1-3-5(6)7(14-15-8)9(11,12)13/h1-4H. The highest BCUT2D eigenvalue weighted by Crippen LogP contribution is 2.34. The van der Waals surface area contributed by atoms with Crippen LogP contribution >= 0.6 is 11.6 Å². The topological polar surface area (TPSA) is 25.8 Å². The third kappa shape index (κ3) is 1.74. The van der Waals surface area contributed by atoms with Crippen LogP contribution in [0.3, 0.4) is 0 Å². The summed E-state index contributed by atoms with van der Waals surface area (Å²) in [5.41, 5.74) is -1.01. The lowest BCUT2D eigenvalue weighted by atomic mass is 10.1. The summed E-state index contributed by atoms with van der Waals surface area (Å²) in [4.78, 5) is 0. The van der Waals surface area contributed by atoms with Crippen molar-refractivity contribution in [3.63, 3.8) is 0 Å². The summed E-state index contributed by atoms with van der Waals surface area (Å²) in [7, 11) is 0. The molecule has 1 aromatic heterocycles. The highest BCUT2D eigenvalue weighted by atomic mass is 35.5. The predicted molar refractivity (Wildman–Crippen MR) is 49.6 cm³/mol. The van der Waals surface area contributed by atoms with Gasteiger partial charge in [-0.1, -0.05) is 35.9 Å². The SMILES string of the molecule is FC(F)(F)c1nnc(Cl)c2ccccc12. The van der Waals surface area contributed by atoms with Crippen LogP contribution in [0.1, 0.15) is 5.69 Å². The number of alkyl halides is 3. The van der Waals surface area contributed by atoms with Crippen LogP contribution in [0.2, 0.25) is 5.15 Å². The van der Waals surface area contributed by atoms with Gasteiger partial charge in [0.1, 0.15) is 0 Å². The lowest BCUT2D eigenvalue weighted by molar-refractivity contribution is -0.140. The molecule has 1 aromatic carbocycles. The van der Waals surface area contributed by atoms with E-state index in [0.29, 0.717) is 0 Å². The molecule has 0 spiro atoms. The molecule has 0 fully saturated rings. The molecule has 78 valence electrons. The van der Waals surface area contributed by atoms with Crippen molar-refractivity contribution in [3.8, 4) is 0 Å². The number of aromatic nitrogens is 2. The van der Waals surface area contributed by atoms with E-state index in [1.807, 2.05) is 0 Å². The lowest BCUT2D eigenvalue weighted by Crippen LogP contribution is -2.10. The molecule has 0 aliphatic carbocycles. The Hall–Kier alpha value is -1.36. The van der Waals surface area contributed by atoms with Gasteiger partial charge in [0.05, 0.1) is 0 Å². The zero-order valence-electron chi connectivity index (χ0n) is 7.22. The number of hydrogen-bond donors (Lipinski definition) is 0. The third-order valence-electron chi connectivity index (χ3n) is 1.91. The Balaban J connectivity index is 2.84. The Kier molecular flexibility index (Phi) is 2.26. The van der Waals surface area contributed by atoms with E-state index < -0.39 is 11.9 Å². The molecule has 0 amide bonds. The van der Waals surface area contributed by atoms with Crippen LogP contribution in [-0.2, 0) is 6.18 Å². The molecule has 0 aliphatic rings. The van der Waals surface area contributed by atoms with E-state index >= 15 is 0 Å². The van der Waals surface area contributed by atoms with Crippen molar-refractivity contribution in [2.45, 2.75) is 6.18 Å². The van der Waals surface area contributed by atoms with Crippen molar-refractivity contribution in [2.24, 2.45) is 0 Å². The number of hydrogen-bond acceptors (Lipinski definition) is 2. The second kappa shape index (κ2) is 3.34. The Morgan fingerprint density at radius 2 is 1.60 bits per heavy atom. The maximum absolute atomic E-state index is 12.5. The van der Waals surface area contributed by atoms with Crippen LogP contribution in [0.5, 0.6) is 0 Å². The van der Waals surface area contributed by atoms with Crippen LogP contribution in [0.15, 0.2) is 24.3 Å². The first-order valence-corrected chi connectivity index (χ1v) is 4.36. The van der Waals surface area contributed by atoms with Gasteiger partial charge in [0, 0.05) is 10.8 Å². The molecule has 0 saturated carbocycles. The number of fused-ring (bicyclic) bond motifs is 1. The fraction of sp³-hybridized carbons (Fsp3) is 0.111. The Morgan fingerprint density at radius 3 is 2.20 bits per heavy atom. The van der Waals surface area contributed by atoms with E-state index in [1.165, 1.54) is 18.2 Å². The monoisotopic (exact) mass is 232 g/mol. The summed E-state index contributed by atoms with van der Waals surface area (Å²) in [5, 5.41) is 6.53. The van der Waals surface area contributed by atoms with Gasteiger partial charge in [-0.15, -0.1) is 10.2 Å². The molecule has 0 saturated heterocycles. The number of halogens is 4. The average molecular weight is 233 g/mol. The summed E-state index contributed by atoms with van der Waals surface area (Å²) < 4.78 is 37.5. The molecule has 15 heavy (non-hydrogen) atoms. The number of nitrogens with zero attached hydrogens (tertiary/aromatic N) is 2. The van der Waals surface area contributed by atoms with Gasteiger partial charge < -0.3 is 0 Å². The molecule has 6 heteroatoms. The molecule has 0 aliphatic heterocycles. The van der Waals surface area contributed by atoms with Gasteiger partial charge in [0.15, 0.2) is 10.8 Å². The number of rotatable bonds is 0. The summed E-state index contributed by atoms with van der Waals surface area (Å²) >= 11 is 5.64. The van der Waals surface area contributed by atoms with Crippen LogP contribution in [0, 0.1) is 0 Å². The molecular formula is C9H4ClF3N2. The fourth-order valence-corrected chi connectivity index (χ4v) is 1.48. The van der Waals surface area contributed by atoms with Crippen LogP contribution < -0.4 is 0 Å². The molecule has 2 nitrogen and oxygen atoms in total. The normalized spacial score (nSPS) is 12.0. The van der Waals surface area contributed by atoms with E-state index in [4.69, 9.17) is 11.6 Å². The van der Waals surface area contributed by atoms with Crippen molar-refractivity contribution in [1.29, 1.82) is 0 Å². The van der Waals surface area contributed by atoms with Gasteiger partial charge in [-0.05, 0) is 0 Å². The molecule has 0 bridgehead atoms. The first-order valence-electron chi connectivity index (χ1n) is 3.98. The van der Waals surface area contributed by atoms with Crippen LogP contribution in [0.4, 0.5) is 13.2 Å². The maximum Gasteiger partial charge on any atom is 0.435 e. The van der Waals surface area contributed by atoms with Crippen molar-refractivity contribution in [3.05, 3.63) is 35.1 Å². The van der Waals surface area contributed by atoms with Crippen molar-refractivity contribution in [1.82, 2.24) is 10.2 Å². The second-order valence-electron chi connectivity index (χ2n) is 2.88. The van der Waals surface area contributed by atoms with Gasteiger partial charge >= 0.3 is 6.18 Å². The Labute approximate surface area is 87.7 Å². The zero-order valence-corrected chi connectivity index (χ0v) is 7.97. The molecule has 0 N–H and O–H groups in total. The molecule has 0 radical (unpaired) electrons. The summed E-state index contributed by atoms with van der Waals surface area (Å²) in [6, 6.07) is 5.88. The minimum Gasteiger partial charge on any atom is -0.164 e. The first-order chi connectivity index (χ1) is 7.00. The van der Waals surface area contributed by atoms with Crippen LogP contribution in [-0.4, -0.2) is 10.2 Å². The molecular weight excluding hydrogens is 229 g/mol. The van der Waals surface area contributed by atoms with Crippen molar-refractivity contribution < 1.29 is 13.2 Å². The van der Waals surface area contributed by atoms with Gasteiger partial charge in [-0.2, -0.15) is 13.2 Å². The van der Waals surface area contributed by atoms with E-state index in [2.05, 4.69) is 10.2 Å². The minimum absolute atomic E-state index is 0.0291. The maximum atomic E-state index is 12.5. The minimum atomic E-state index is -4.52. The van der Waals surface area contributed by atoms with Gasteiger partial charge in [-0.3, -0.25) is 0 Å². The van der Waals surface area contributed by atoms with E-state index in [9.17, 15) is 13.2 Å².